The Labute approximate surface area is 128 Å². The molecule has 0 saturated carbocycles. The van der Waals surface area contributed by atoms with Gasteiger partial charge in [0.2, 0.25) is 5.91 Å². The predicted molar refractivity (Wildman–Crippen MR) is 83.8 cm³/mol. The maximum absolute atomic E-state index is 11.7. The van der Waals surface area contributed by atoms with Gasteiger partial charge < -0.3 is 5.32 Å². The van der Waals surface area contributed by atoms with Gasteiger partial charge in [0, 0.05) is 22.7 Å². The highest BCUT2D eigenvalue weighted by Gasteiger charge is 1.98. The molecule has 0 fully saturated rings. The van der Waals surface area contributed by atoms with Gasteiger partial charge in [-0.25, -0.2) is 0 Å². The topological polar surface area (TPSA) is 29.1 Å². The SMILES string of the molecule is O=C(/C=C/c1cccc(Cl)c1)NCc1cccc(Cl)c1. The number of nitrogens with one attached hydrogen (secondary N) is 1. The van der Waals surface area contributed by atoms with Crippen LogP contribution in [0.15, 0.2) is 54.6 Å². The number of carbonyl (C=O) groups excluding carboxylic acids is 1. The molecule has 2 aromatic rings. The minimum absolute atomic E-state index is 0.162. The fourth-order valence-corrected chi connectivity index (χ4v) is 2.09. The summed E-state index contributed by atoms with van der Waals surface area (Å²) in [5.41, 5.74) is 1.84. The molecular weight excluding hydrogens is 293 g/mol. The summed E-state index contributed by atoms with van der Waals surface area (Å²) in [6.45, 7) is 0.444. The van der Waals surface area contributed by atoms with Crippen LogP contribution in [0.4, 0.5) is 0 Å². The van der Waals surface area contributed by atoms with E-state index in [2.05, 4.69) is 5.32 Å². The van der Waals surface area contributed by atoms with Crippen LogP contribution in [0.5, 0.6) is 0 Å². The van der Waals surface area contributed by atoms with Crippen molar-refractivity contribution in [3.8, 4) is 0 Å². The molecule has 0 atom stereocenters. The lowest BCUT2D eigenvalue weighted by atomic mass is 10.2. The molecule has 4 heteroatoms. The van der Waals surface area contributed by atoms with Gasteiger partial charge in [-0.3, -0.25) is 4.79 Å². The first-order valence-electron chi connectivity index (χ1n) is 6.09. The largest absolute Gasteiger partial charge is 0.348 e. The second-order valence-electron chi connectivity index (χ2n) is 4.24. The first-order valence-corrected chi connectivity index (χ1v) is 6.85. The van der Waals surface area contributed by atoms with Gasteiger partial charge in [0.1, 0.15) is 0 Å². The molecule has 0 spiro atoms. The number of carbonyl (C=O) groups is 1. The second kappa shape index (κ2) is 7.13. The lowest BCUT2D eigenvalue weighted by Crippen LogP contribution is -2.20. The minimum atomic E-state index is -0.162. The molecule has 2 aromatic carbocycles. The summed E-state index contributed by atoms with van der Waals surface area (Å²) in [5, 5.41) is 4.10. The molecule has 0 heterocycles. The third kappa shape index (κ3) is 4.72. The van der Waals surface area contributed by atoms with Gasteiger partial charge in [-0.1, -0.05) is 47.5 Å². The molecular formula is C16H13Cl2NO. The van der Waals surface area contributed by atoms with E-state index in [4.69, 9.17) is 23.2 Å². The van der Waals surface area contributed by atoms with Crippen molar-refractivity contribution in [3.05, 3.63) is 75.8 Å². The standard InChI is InChI=1S/C16H13Cl2NO/c17-14-5-1-3-12(9-14)7-8-16(20)19-11-13-4-2-6-15(18)10-13/h1-10H,11H2,(H,19,20)/b8-7+. The summed E-state index contributed by atoms with van der Waals surface area (Å²) in [4.78, 5) is 11.7. The number of benzene rings is 2. The molecule has 0 aromatic heterocycles. The summed E-state index contributed by atoms with van der Waals surface area (Å²) in [6.07, 6.45) is 3.20. The average Bonchev–Trinajstić information content (AvgIpc) is 2.43. The molecule has 0 aliphatic heterocycles. The summed E-state index contributed by atoms with van der Waals surface area (Å²) in [6, 6.07) is 14.7. The Morgan fingerprint density at radius 3 is 2.45 bits per heavy atom. The Hall–Kier alpha value is -1.77. The van der Waals surface area contributed by atoms with E-state index in [0.717, 1.165) is 11.1 Å². The van der Waals surface area contributed by atoms with Crippen molar-refractivity contribution in [1.82, 2.24) is 5.32 Å². The van der Waals surface area contributed by atoms with Crippen molar-refractivity contribution in [2.24, 2.45) is 0 Å². The normalized spacial score (nSPS) is 10.7. The third-order valence-corrected chi connectivity index (χ3v) is 3.10. The summed E-state index contributed by atoms with van der Waals surface area (Å²) < 4.78 is 0. The molecule has 2 rings (SSSR count). The van der Waals surface area contributed by atoms with E-state index in [1.165, 1.54) is 6.08 Å². The van der Waals surface area contributed by atoms with E-state index in [-0.39, 0.29) is 5.91 Å². The van der Waals surface area contributed by atoms with Crippen molar-refractivity contribution in [3.63, 3.8) is 0 Å². The van der Waals surface area contributed by atoms with Gasteiger partial charge in [0.15, 0.2) is 0 Å². The van der Waals surface area contributed by atoms with Gasteiger partial charge in [0.25, 0.3) is 0 Å². The van der Waals surface area contributed by atoms with Gasteiger partial charge in [-0.15, -0.1) is 0 Å². The van der Waals surface area contributed by atoms with Crippen molar-refractivity contribution >= 4 is 35.2 Å². The molecule has 102 valence electrons. The number of halogens is 2. The summed E-state index contributed by atoms with van der Waals surface area (Å²) in [5.74, 6) is -0.162. The molecule has 0 bridgehead atoms. The smallest absolute Gasteiger partial charge is 0.244 e. The quantitative estimate of drug-likeness (QED) is 0.837. The van der Waals surface area contributed by atoms with Crippen molar-refractivity contribution in [2.75, 3.05) is 0 Å². The Morgan fingerprint density at radius 2 is 1.75 bits per heavy atom. The fourth-order valence-electron chi connectivity index (χ4n) is 1.68. The zero-order valence-corrected chi connectivity index (χ0v) is 12.2. The molecule has 0 aliphatic carbocycles. The first-order chi connectivity index (χ1) is 9.63. The van der Waals surface area contributed by atoms with Crippen LogP contribution in [0.1, 0.15) is 11.1 Å². The molecule has 20 heavy (non-hydrogen) atoms. The molecule has 1 N–H and O–H groups in total. The first kappa shape index (κ1) is 14.6. The van der Waals surface area contributed by atoms with Crippen molar-refractivity contribution in [2.45, 2.75) is 6.54 Å². The maximum Gasteiger partial charge on any atom is 0.244 e. The third-order valence-electron chi connectivity index (χ3n) is 2.63. The maximum atomic E-state index is 11.7. The van der Waals surface area contributed by atoms with E-state index >= 15 is 0 Å². The number of amides is 1. The van der Waals surface area contributed by atoms with Gasteiger partial charge in [-0.05, 0) is 41.5 Å². The van der Waals surface area contributed by atoms with Crippen LogP contribution in [0.2, 0.25) is 10.0 Å². The van der Waals surface area contributed by atoms with E-state index < -0.39 is 0 Å². The van der Waals surface area contributed by atoms with Crippen LogP contribution >= 0.6 is 23.2 Å². The highest BCUT2D eigenvalue weighted by molar-refractivity contribution is 6.31. The van der Waals surface area contributed by atoms with Gasteiger partial charge >= 0.3 is 0 Å². The average molecular weight is 306 g/mol. The van der Waals surface area contributed by atoms with Crippen LogP contribution in [-0.4, -0.2) is 5.91 Å². The summed E-state index contributed by atoms with van der Waals surface area (Å²) in [7, 11) is 0. The highest BCUT2D eigenvalue weighted by atomic mass is 35.5. The second-order valence-corrected chi connectivity index (χ2v) is 5.11. The van der Waals surface area contributed by atoms with E-state index in [1.807, 2.05) is 30.3 Å². The molecule has 0 unspecified atom stereocenters. The molecule has 0 saturated heterocycles. The van der Waals surface area contributed by atoms with Crippen LogP contribution < -0.4 is 5.32 Å². The molecule has 2 nitrogen and oxygen atoms in total. The van der Waals surface area contributed by atoms with E-state index in [0.29, 0.717) is 16.6 Å². The Bertz CT molecular complexity index is 638. The lowest BCUT2D eigenvalue weighted by Gasteiger charge is -2.03. The van der Waals surface area contributed by atoms with Crippen LogP contribution in [0.25, 0.3) is 6.08 Å². The monoisotopic (exact) mass is 305 g/mol. The minimum Gasteiger partial charge on any atom is -0.348 e. The number of hydrogen-bond acceptors (Lipinski definition) is 1. The van der Waals surface area contributed by atoms with E-state index in [1.54, 1.807) is 24.3 Å². The number of rotatable bonds is 4. The van der Waals surface area contributed by atoms with Crippen molar-refractivity contribution in [1.29, 1.82) is 0 Å². The predicted octanol–water partition coefficient (Wildman–Crippen LogP) is 4.32. The highest BCUT2D eigenvalue weighted by Crippen LogP contribution is 2.12. The molecule has 0 aliphatic rings. The van der Waals surface area contributed by atoms with Gasteiger partial charge in [0.05, 0.1) is 0 Å². The summed E-state index contributed by atoms with van der Waals surface area (Å²) >= 11 is 11.7. The molecule has 1 amide bonds. The fraction of sp³-hybridized carbons (Fsp3) is 0.0625. The zero-order chi connectivity index (χ0) is 14.4. The Kier molecular flexibility index (Phi) is 5.22. The number of hydrogen-bond donors (Lipinski definition) is 1. The van der Waals surface area contributed by atoms with Crippen molar-refractivity contribution < 1.29 is 4.79 Å². The Morgan fingerprint density at radius 1 is 1.05 bits per heavy atom. The van der Waals surface area contributed by atoms with E-state index in [9.17, 15) is 4.79 Å². The lowest BCUT2D eigenvalue weighted by molar-refractivity contribution is -0.116. The van der Waals surface area contributed by atoms with Gasteiger partial charge in [-0.2, -0.15) is 0 Å². The zero-order valence-electron chi connectivity index (χ0n) is 10.6. The van der Waals surface area contributed by atoms with Crippen LogP contribution in [0.3, 0.4) is 0 Å². The molecule has 0 radical (unpaired) electrons. The van der Waals surface area contributed by atoms with Crippen LogP contribution in [-0.2, 0) is 11.3 Å². The Balaban J connectivity index is 1.89. The van der Waals surface area contributed by atoms with Crippen LogP contribution in [0, 0.1) is 0 Å².